The van der Waals surface area contributed by atoms with E-state index < -0.39 is 11.9 Å². The van der Waals surface area contributed by atoms with E-state index >= 15 is 0 Å². The molecule has 134 valence electrons. The first kappa shape index (κ1) is 18.1. The topological polar surface area (TPSA) is 63.7 Å². The molecule has 0 saturated carbocycles. The molecule has 3 aromatic rings. The van der Waals surface area contributed by atoms with Gasteiger partial charge in [0, 0.05) is 18.1 Å². The van der Waals surface area contributed by atoms with E-state index in [1.54, 1.807) is 78.9 Å². The lowest BCUT2D eigenvalue weighted by Crippen LogP contribution is -2.31. The molecule has 0 radical (unpaired) electrons. The van der Waals surface area contributed by atoms with Crippen molar-refractivity contribution in [3.63, 3.8) is 0 Å². The molecule has 0 aliphatic rings. The monoisotopic (exact) mass is 359 g/mol. The number of hydrogen-bond acceptors (Lipinski definition) is 4. The van der Waals surface area contributed by atoms with E-state index in [-0.39, 0.29) is 5.78 Å². The van der Waals surface area contributed by atoms with E-state index in [1.165, 1.54) is 6.92 Å². The number of carbonyl (C=O) groups excluding carboxylic acids is 3. The van der Waals surface area contributed by atoms with Crippen molar-refractivity contribution in [1.82, 2.24) is 0 Å². The molecule has 0 saturated heterocycles. The lowest BCUT2D eigenvalue weighted by Gasteiger charge is -2.19. The van der Waals surface area contributed by atoms with Gasteiger partial charge in [-0.25, -0.2) is 4.79 Å². The second-order valence-corrected chi connectivity index (χ2v) is 5.80. The smallest absolute Gasteiger partial charge is 0.328 e. The van der Waals surface area contributed by atoms with Gasteiger partial charge in [-0.05, 0) is 36.4 Å². The average Bonchev–Trinajstić information content (AvgIpc) is 2.72. The standard InChI is InChI=1S/C22H17NO4/c1-16(24)23(27-22(26)19-10-6-3-7-11-19)20-14-12-18(13-15-20)21(25)17-8-4-2-5-9-17/h2-15H,1H3. The largest absolute Gasteiger partial charge is 0.363 e. The van der Waals surface area contributed by atoms with Crippen LogP contribution in [0.5, 0.6) is 0 Å². The van der Waals surface area contributed by atoms with Crippen molar-refractivity contribution in [1.29, 1.82) is 0 Å². The third-order valence-electron chi connectivity index (χ3n) is 3.87. The number of hydrogen-bond donors (Lipinski definition) is 0. The van der Waals surface area contributed by atoms with Crippen LogP contribution < -0.4 is 5.06 Å². The molecule has 0 fully saturated rings. The third-order valence-corrected chi connectivity index (χ3v) is 3.87. The van der Waals surface area contributed by atoms with Crippen molar-refractivity contribution < 1.29 is 19.2 Å². The van der Waals surface area contributed by atoms with E-state index in [9.17, 15) is 14.4 Å². The van der Waals surface area contributed by atoms with E-state index in [1.807, 2.05) is 6.07 Å². The summed E-state index contributed by atoms with van der Waals surface area (Å²) in [5.74, 6) is -1.23. The van der Waals surface area contributed by atoms with Gasteiger partial charge in [0.15, 0.2) is 5.78 Å². The summed E-state index contributed by atoms with van der Waals surface area (Å²) in [6, 6.07) is 23.6. The molecule has 3 rings (SSSR count). The van der Waals surface area contributed by atoms with Crippen molar-refractivity contribution in [2.75, 3.05) is 5.06 Å². The lowest BCUT2D eigenvalue weighted by atomic mass is 10.0. The van der Waals surface area contributed by atoms with Crippen LogP contribution in [-0.2, 0) is 9.63 Å². The van der Waals surface area contributed by atoms with E-state index in [2.05, 4.69) is 0 Å². The molecule has 0 N–H and O–H groups in total. The number of benzene rings is 3. The molecule has 5 heteroatoms. The number of hydroxylamine groups is 1. The summed E-state index contributed by atoms with van der Waals surface area (Å²) in [6.07, 6.45) is 0. The highest BCUT2D eigenvalue weighted by Gasteiger charge is 2.19. The fraction of sp³-hybridized carbons (Fsp3) is 0.0455. The second kappa shape index (κ2) is 8.10. The molecule has 3 aromatic carbocycles. The number of carbonyl (C=O) groups is 3. The molecule has 0 bridgehead atoms. The van der Waals surface area contributed by atoms with Crippen LogP contribution in [0.3, 0.4) is 0 Å². The van der Waals surface area contributed by atoms with Gasteiger partial charge in [0.05, 0.1) is 11.3 Å². The summed E-state index contributed by atoms with van der Waals surface area (Å²) in [5.41, 5.74) is 1.74. The van der Waals surface area contributed by atoms with E-state index in [0.717, 1.165) is 5.06 Å². The van der Waals surface area contributed by atoms with Gasteiger partial charge in [-0.1, -0.05) is 48.5 Å². The van der Waals surface area contributed by atoms with Crippen LogP contribution in [0.2, 0.25) is 0 Å². The van der Waals surface area contributed by atoms with Gasteiger partial charge in [-0.15, -0.1) is 5.06 Å². The summed E-state index contributed by atoms with van der Waals surface area (Å²) in [6.45, 7) is 1.29. The van der Waals surface area contributed by atoms with Gasteiger partial charge in [0.2, 0.25) is 0 Å². The predicted molar refractivity (Wildman–Crippen MR) is 101 cm³/mol. The summed E-state index contributed by atoms with van der Waals surface area (Å²) in [4.78, 5) is 41.8. The van der Waals surface area contributed by atoms with Gasteiger partial charge in [-0.2, -0.15) is 0 Å². The van der Waals surface area contributed by atoms with Gasteiger partial charge in [-0.3, -0.25) is 9.59 Å². The van der Waals surface area contributed by atoms with E-state index in [0.29, 0.717) is 22.4 Å². The van der Waals surface area contributed by atoms with Crippen LogP contribution in [0.25, 0.3) is 0 Å². The van der Waals surface area contributed by atoms with Gasteiger partial charge in [0.25, 0.3) is 5.91 Å². The Morgan fingerprint density at radius 1 is 0.667 bits per heavy atom. The molecule has 0 spiro atoms. The number of rotatable bonds is 4. The molecule has 0 heterocycles. The Hall–Kier alpha value is -3.73. The fourth-order valence-electron chi connectivity index (χ4n) is 2.51. The van der Waals surface area contributed by atoms with E-state index in [4.69, 9.17) is 4.84 Å². The highest BCUT2D eigenvalue weighted by atomic mass is 16.7. The Labute approximate surface area is 156 Å². The van der Waals surface area contributed by atoms with Gasteiger partial charge >= 0.3 is 5.97 Å². The fourth-order valence-corrected chi connectivity index (χ4v) is 2.51. The highest BCUT2D eigenvalue weighted by molar-refractivity contribution is 6.09. The Morgan fingerprint density at radius 2 is 1.15 bits per heavy atom. The molecule has 0 aliphatic carbocycles. The summed E-state index contributed by atoms with van der Waals surface area (Å²) < 4.78 is 0. The Bertz CT molecular complexity index is 951. The lowest BCUT2D eigenvalue weighted by molar-refractivity contribution is -0.122. The van der Waals surface area contributed by atoms with Gasteiger partial charge < -0.3 is 4.84 Å². The van der Waals surface area contributed by atoms with Crippen molar-refractivity contribution in [3.05, 3.63) is 102 Å². The molecular formula is C22H17NO4. The molecule has 0 aliphatic heterocycles. The first-order valence-corrected chi connectivity index (χ1v) is 8.34. The predicted octanol–water partition coefficient (Wildman–Crippen LogP) is 4.04. The maximum Gasteiger partial charge on any atom is 0.363 e. The molecule has 5 nitrogen and oxygen atoms in total. The first-order chi connectivity index (χ1) is 13.1. The van der Waals surface area contributed by atoms with Crippen LogP contribution in [0.15, 0.2) is 84.9 Å². The average molecular weight is 359 g/mol. The minimum atomic E-state index is -0.643. The zero-order valence-electron chi connectivity index (χ0n) is 14.7. The van der Waals surface area contributed by atoms with Crippen LogP contribution >= 0.6 is 0 Å². The maximum absolute atomic E-state index is 12.5. The van der Waals surface area contributed by atoms with Crippen molar-refractivity contribution in [3.8, 4) is 0 Å². The molecule has 0 aromatic heterocycles. The Morgan fingerprint density at radius 3 is 1.67 bits per heavy atom. The molecular weight excluding hydrogens is 342 g/mol. The molecule has 0 atom stereocenters. The van der Waals surface area contributed by atoms with Crippen molar-refractivity contribution in [2.45, 2.75) is 6.92 Å². The number of nitrogens with zero attached hydrogens (tertiary/aromatic N) is 1. The first-order valence-electron chi connectivity index (χ1n) is 8.34. The number of ketones is 1. The number of amides is 1. The minimum Gasteiger partial charge on any atom is -0.328 e. The maximum atomic E-state index is 12.5. The highest BCUT2D eigenvalue weighted by Crippen LogP contribution is 2.19. The summed E-state index contributed by atoms with van der Waals surface area (Å²) >= 11 is 0. The minimum absolute atomic E-state index is 0.127. The molecule has 1 amide bonds. The van der Waals surface area contributed by atoms with Crippen LogP contribution in [0.4, 0.5) is 5.69 Å². The molecule has 27 heavy (non-hydrogen) atoms. The SMILES string of the molecule is CC(=O)N(OC(=O)c1ccccc1)c1ccc(C(=O)c2ccccc2)cc1. The van der Waals surface area contributed by atoms with Crippen molar-refractivity contribution >= 4 is 23.3 Å². The quantitative estimate of drug-likeness (QED) is 0.521. The number of anilines is 1. The zero-order valence-corrected chi connectivity index (χ0v) is 14.7. The summed E-state index contributed by atoms with van der Waals surface area (Å²) in [7, 11) is 0. The Kier molecular flexibility index (Phi) is 5.42. The zero-order chi connectivity index (χ0) is 19.2. The molecule has 0 unspecified atom stereocenters. The van der Waals surface area contributed by atoms with Crippen LogP contribution in [0, 0.1) is 0 Å². The third kappa shape index (κ3) is 4.27. The second-order valence-electron chi connectivity index (χ2n) is 5.80. The summed E-state index contributed by atoms with van der Waals surface area (Å²) in [5, 5.41) is 0.909. The van der Waals surface area contributed by atoms with Crippen molar-refractivity contribution in [2.24, 2.45) is 0 Å². The van der Waals surface area contributed by atoms with Crippen LogP contribution in [-0.4, -0.2) is 17.7 Å². The Balaban J connectivity index is 1.79. The normalized spacial score (nSPS) is 10.1. The van der Waals surface area contributed by atoms with Crippen LogP contribution in [0.1, 0.15) is 33.2 Å². The van der Waals surface area contributed by atoms with Gasteiger partial charge in [0.1, 0.15) is 0 Å².